The SMILES string of the molecule is CC(C)c1ccc2c(c1)C(NC1CC1)CS2=O. The van der Waals surface area contributed by atoms with E-state index in [0.29, 0.717) is 18.0 Å². The number of nitrogens with one attached hydrogen (secondary N) is 1. The molecular weight excluding hydrogens is 230 g/mol. The quantitative estimate of drug-likeness (QED) is 0.892. The van der Waals surface area contributed by atoms with Gasteiger partial charge in [0.15, 0.2) is 0 Å². The van der Waals surface area contributed by atoms with E-state index in [9.17, 15) is 4.21 Å². The summed E-state index contributed by atoms with van der Waals surface area (Å²) in [7, 11) is -0.800. The van der Waals surface area contributed by atoms with Gasteiger partial charge in [0.25, 0.3) is 0 Å². The molecule has 0 radical (unpaired) electrons. The van der Waals surface area contributed by atoms with E-state index in [1.165, 1.54) is 24.0 Å². The molecule has 2 aliphatic rings. The van der Waals surface area contributed by atoms with E-state index < -0.39 is 10.8 Å². The van der Waals surface area contributed by atoms with Crippen molar-refractivity contribution < 1.29 is 4.21 Å². The van der Waals surface area contributed by atoms with Crippen molar-refractivity contribution in [2.75, 3.05) is 5.75 Å². The highest BCUT2D eigenvalue weighted by atomic mass is 32.2. The Morgan fingerprint density at radius 1 is 1.35 bits per heavy atom. The average molecular weight is 249 g/mol. The maximum Gasteiger partial charge on any atom is 0.0552 e. The zero-order chi connectivity index (χ0) is 12.0. The van der Waals surface area contributed by atoms with Crippen LogP contribution in [0.1, 0.15) is 49.8 Å². The second-order valence-corrected chi connectivity index (χ2v) is 6.92. The molecule has 3 rings (SSSR count). The number of hydrogen-bond donors (Lipinski definition) is 1. The zero-order valence-electron chi connectivity index (χ0n) is 10.4. The molecule has 1 aliphatic carbocycles. The summed E-state index contributed by atoms with van der Waals surface area (Å²) < 4.78 is 12.0. The molecule has 0 spiro atoms. The molecule has 2 nitrogen and oxygen atoms in total. The molecule has 1 heterocycles. The van der Waals surface area contributed by atoms with Gasteiger partial charge in [-0.1, -0.05) is 26.0 Å². The van der Waals surface area contributed by atoms with Gasteiger partial charge in [-0.3, -0.25) is 4.21 Å². The van der Waals surface area contributed by atoms with Gasteiger partial charge in [-0.2, -0.15) is 0 Å². The minimum atomic E-state index is -0.800. The molecule has 1 N–H and O–H groups in total. The Bertz CT molecular complexity index is 465. The third kappa shape index (κ3) is 2.18. The second kappa shape index (κ2) is 4.21. The predicted octanol–water partition coefficient (Wildman–Crippen LogP) is 2.72. The topological polar surface area (TPSA) is 29.1 Å². The first-order valence-corrected chi connectivity index (χ1v) is 7.75. The molecule has 17 heavy (non-hydrogen) atoms. The van der Waals surface area contributed by atoms with Crippen LogP contribution in [-0.2, 0) is 10.8 Å². The van der Waals surface area contributed by atoms with Crippen LogP contribution in [0.3, 0.4) is 0 Å². The van der Waals surface area contributed by atoms with E-state index in [2.05, 4.69) is 37.4 Å². The molecule has 1 fully saturated rings. The van der Waals surface area contributed by atoms with Crippen LogP contribution >= 0.6 is 0 Å². The highest BCUT2D eigenvalue weighted by molar-refractivity contribution is 7.85. The summed E-state index contributed by atoms with van der Waals surface area (Å²) in [5.74, 6) is 1.30. The van der Waals surface area contributed by atoms with E-state index in [1.807, 2.05) is 0 Å². The van der Waals surface area contributed by atoms with Gasteiger partial charge < -0.3 is 5.32 Å². The fraction of sp³-hybridized carbons (Fsp3) is 0.571. The molecule has 0 bridgehead atoms. The van der Waals surface area contributed by atoms with E-state index in [0.717, 1.165) is 10.6 Å². The molecule has 1 aromatic rings. The monoisotopic (exact) mass is 249 g/mol. The molecule has 0 amide bonds. The van der Waals surface area contributed by atoms with Gasteiger partial charge in [0.05, 0.1) is 10.8 Å². The average Bonchev–Trinajstić information content (AvgIpc) is 3.05. The number of hydrogen-bond acceptors (Lipinski definition) is 2. The van der Waals surface area contributed by atoms with Crippen molar-refractivity contribution in [3.63, 3.8) is 0 Å². The van der Waals surface area contributed by atoms with Gasteiger partial charge in [-0.15, -0.1) is 0 Å². The minimum Gasteiger partial charge on any atom is -0.306 e. The first-order valence-electron chi connectivity index (χ1n) is 6.43. The van der Waals surface area contributed by atoms with Crippen molar-refractivity contribution in [1.29, 1.82) is 0 Å². The molecule has 2 unspecified atom stereocenters. The molecule has 1 saturated carbocycles. The van der Waals surface area contributed by atoms with E-state index in [-0.39, 0.29) is 0 Å². The summed E-state index contributed by atoms with van der Waals surface area (Å²) in [5, 5.41) is 3.61. The number of fused-ring (bicyclic) bond motifs is 1. The maximum absolute atomic E-state index is 12.0. The molecule has 92 valence electrons. The fourth-order valence-corrected chi connectivity index (χ4v) is 3.85. The minimum absolute atomic E-state index is 0.317. The van der Waals surface area contributed by atoms with Crippen LogP contribution in [-0.4, -0.2) is 16.0 Å². The lowest BCUT2D eigenvalue weighted by molar-refractivity contribution is 0.576. The highest BCUT2D eigenvalue weighted by Gasteiger charge is 2.33. The third-order valence-electron chi connectivity index (χ3n) is 3.65. The van der Waals surface area contributed by atoms with Crippen molar-refractivity contribution in [1.82, 2.24) is 5.32 Å². The normalized spacial score (nSPS) is 27.5. The van der Waals surface area contributed by atoms with Gasteiger partial charge >= 0.3 is 0 Å². The maximum atomic E-state index is 12.0. The highest BCUT2D eigenvalue weighted by Crippen LogP contribution is 2.35. The Labute approximate surface area is 105 Å². The third-order valence-corrected chi connectivity index (χ3v) is 5.15. The Balaban J connectivity index is 1.94. The van der Waals surface area contributed by atoms with Crippen molar-refractivity contribution >= 4 is 10.8 Å². The molecular formula is C14H19NOS. The van der Waals surface area contributed by atoms with E-state index >= 15 is 0 Å². The summed E-state index contributed by atoms with van der Waals surface area (Å²) in [6.45, 7) is 4.41. The van der Waals surface area contributed by atoms with E-state index in [1.54, 1.807) is 0 Å². The summed E-state index contributed by atoms with van der Waals surface area (Å²) >= 11 is 0. The largest absolute Gasteiger partial charge is 0.306 e. The Kier molecular flexibility index (Phi) is 2.83. The molecule has 2 atom stereocenters. The lowest BCUT2D eigenvalue weighted by Crippen LogP contribution is -2.24. The Hall–Kier alpha value is -0.670. The van der Waals surface area contributed by atoms with Gasteiger partial charge in [0, 0.05) is 22.7 Å². The van der Waals surface area contributed by atoms with E-state index in [4.69, 9.17) is 0 Å². The number of rotatable bonds is 3. The summed E-state index contributed by atoms with van der Waals surface area (Å²) in [6, 6.07) is 7.43. The van der Waals surface area contributed by atoms with Crippen molar-refractivity contribution in [3.8, 4) is 0 Å². The van der Waals surface area contributed by atoms with Gasteiger partial charge in [-0.25, -0.2) is 0 Å². The van der Waals surface area contributed by atoms with Crippen LogP contribution in [0.4, 0.5) is 0 Å². The standard InChI is InChI=1S/C14H19NOS/c1-9(2)10-3-6-14-12(7-10)13(8-17(14)16)15-11-4-5-11/h3,6-7,9,11,13,15H,4-5,8H2,1-2H3. The first kappa shape index (κ1) is 11.4. The number of benzene rings is 1. The van der Waals surface area contributed by atoms with Crippen LogP contribution in [0, 0.1) is 0 Å². The molecule has 3 heteroatoms. The van der Waals surface area contributed by atoms with Crippen LogP contribution in [0.15, 0.2) is 23.1 Å². The summed E-state index contributed by atoms with van der Waals surface area (Å²) in [4.78, 5) is 1.05. The van der Waals surface area contributed by atoms with Crippen molar-refractivity contribution in [2.45, 2.75) is 49.6 Å². The smallest absolute Gasteiger partial charge is 0.0552 e. The van der Waals surface area contributed by atoms with Crippen molar-refractivity contribution in [2.24, 2.45) is 0 Å². The second-order valence-electron chi connectivity index (χ2n) is 5.46. The zero-order valence-corrected chi connectivity index (χ0v) is 11.2. The lowest BCUT2D eigenvalue weighted by Gasteiger charge is -2.14. The molecule has 0 saturated heterocycles. The predicted molar refractivity (Wildman–Crippen MR) is 70.7 cm³/mol. The molecule has 1 aromatic carbocycles. The van der Waals surface area contributed by atoms with Crippen LogP contribution in [0.25, 0.3) is 0 Å². The van der Waals surface area contributed by atoms with Crippen LogP contribution in [0.2, 0.25) is 0 Å². The van der Waals surface area contributed by atoms with Crippen LogP contribution in [0.5, 0.6) is 0 Å². The van der Waals surface area contributed by atoms with Gasteiger partial charge in [0.2, 0.25) is 0 Å². The first-order chi connectivity index (χ1) is 8.15. The lowest BCUT2D eigenvalue weighted by atomic mass is 9.98. The summed E-state index contributed by atoms with van der Waals surface area (Å²) in [5.41, 5.74) is 2.63. The van der Waals surface area contributed by atoms with Crippen molar-refractivity contribution in [3.05, 3.63) is 29.3 Å². The Morgan fingerprint density at radius 2 is 2.12 bits per heavy atom. The fourth-order valence-electron chi connectivity index (χ4n) is 2.41. The van der Waals surface area contributed by atoms with Gasteiger partial charge in [-0.05, 0) is 36.0 Å². The molecule has 1 aliphatic heterocycles. The van der Waals surface area contributed by atoms with Gasteiger partial charge in [0.1, 0.15) is 0 Å². The summed E-state index contributed by atoms with van der Waals surface area (Å²) in [6.07, 6.45) is 2.56. The van der Waals surface area contributed by atoms with Crippen LogP contribution < -0.4 is 5.32 Å². The molecule has 0 aromatic heterocycles. The Morgan fingerprint density at radius 3 is 2.76 bits per heavy atom.